The van der Waals surface area contributed by atoms with E-state index in [0.29, 0.717) is 24.5 Å². The molecule has 0 spiro atoms. The fourth-order valence-electron chi connectivity index (χ4n) is 3.32. The summed E-state index contributed by atoms with van der Waals surface area (Å²) in [6.07, 6.45) is 0.765. The van der Waals surface area contributed by atoms with Gasteiger partial charge in [0.05, 0.1) is 23.3 Å². The maximum Gasteiger partial charge on any atom is 0.257 e. The van der Waals surface area contributed by atoms with Gasteiger partial charge < -0.3 is 9.64 Å². The van der Waals surface area contributed by atoms with Crippen molar-refractivity contribution in [3.63, 3.8) is 0 Å². The summed E-state index contributed by atoms with van der Waals surface area (Å²) in [6.45, 7) is 4.97. The largest absolute Gasteiger partial charge is 0.472 e. The summed E-state index contributed by atoms with van der Waals surface area (Å²) in [7, 11) is 0. The number of nitrogens with one attached hydrogen (secondary N) is 1. The number of likely N-dealkylation sites (tertiary alicyclic amines) is 1. The number of amides is 1. The molecule has 2 aromatic heterocycles. The summed E-state index contributed by atoms with van der Waals surface area (Å²) >= 11 is 0. The molecular weight excluding hydrogens is 316 g/mol. The van der Waals surface area contributed by atoms with Crippen molar-refractivity contribution < 1.29 is 9.53 Å². The van der Waals surface area contributed by atoms with Crippen molar-refractivity contribution >= 4 is 16.8 Å². The molecule has 128 valence electrons. The van der Waals surface area contributed by atoms with Gasteiger partial charge in [-0.15, -0.1) is 0 Å². The number of pyridine rings is 1. The molecule has 6 nitrogen and oxygen atoms in total. The molecule has 6 heteroatoms. The van der Waals surface area contributed by atoms with Crippen LogP contribution >= 0.6 is 0 Å². The smallest absolute Gasteiger partial charge is 0.257 e. The molecule has 1 atom stereocenters. The number of para-hydroxylation sites is 1. The van der Waals surface area contributed by atoms with Crippen LogP contribution in [-0.4, -0.2) is 45.2 Å². The summed E-state index contributed by atoms with van der Waals surface area (Å²) in [5.74, 6) is 0.620. The molecule has 1 aliphatic heterocycles. The number of benzene rings is 1. The monoisotopic (exact) mass is 336 g/mol. The fourth-order valence-corrected chi connectivity index (χ4v) is 3.32. The normalized spacial score (nSPS) is 17.2. The van der Waals surface area contributed by atoms with Crippen LogP contribution in [0.2, 0.25) is 0 Å². The molecule has 1 aliphatic rings. The first-order valence-corrected chi connectivity index (χ1v) is 8.45. The molecule has 1 N–H and O–H groups in total. The number of H-pyrrole nitrogens is 1. The molecule has 1 amide bonds. The van der Waals surface area contributed by atoms with Gasteiger partial charge in [0.1, 0.15) is 6.10 Å². The highest BCUT2D eigenvalue weighted by Gasteiger charge is 2.30. The molecule has 0 radical (unpaired) electrons. The zero-order chi connectivity index (χ0) is 17.4. The Balaban J connectivity index is 1.46. The van der Waals surface area contributed by atoms with Gasteiger partial charge in [-0.05, 0) is 26.0 Å². The average Bonchev–Trinajstić information content (AvgIpc) is 3.21. The lowest BCUT2D eigenvalue weighted by Crippen LogP contribution is -2.31. The minimum absolute atomic E-state index is 0.0151. The molecule has 0 bridgehead atoms. The maximum absolute atomic E-state index is 12.7. The Morgan fingerprint density at radius 1 is 1.24 bits per heavy atom. The first-order valence-electron chi connectivity index (χ1n) is 8.45. The first-order chi connectivity index (χ1) is 12.1. The van der Waals surface area contributed by atoms with Crippen molar-refractivity contribution in [1.82, 2.24) is 20.1 Å². The molecule has 3 aromatic rings. The van der Waals surface area contributed by atoms with Gasteiger partial charge in [-0.3, -0.25) is 9.89 Å². The van der Waals surface area contributed by atoms with Gasteiger partial charge in [-0.1, -0.05) is 18.2 Å². The van der Waals surface area contributed by atoms with Crippen molar-refractivity contribution in [1.29, 1.82) is 0 Å². The van der Waals surface area contributed by atoms with E-state index in [1.54, 1.807) is 0 Å². The Morgan fingerprint density at radius 3 is 2.88 bits per heavy atom. The molecule has 0 saturated carbocycles. The number of aromatic amines is 1. The van der Waals surface area contributed by atoms with Crippen molar-refractivity contribution in [2.45, 2.75) is 26.4 Å². The van der Waals surface area contributed by atoms with Crippen LogP contribution in [0.4, 0.5) is 0 Å². The number of aromatic nitrogens is 3. The van der Waals surface area contributed by atoms with Gasteiger partial charge in [0, 0.05) is 30.1 Å². The summed E-state index contributed by atoms with van der Waals surface area (Å²) in [5.41, 5.74) is 3.13. The van der Waals surface area contributed by atoms with Crippen LogP contribution in [0.25, 0.3) is 10.9 Å². The average molecular weight is 336 g/mol. The third kappa shape index (κ3) is 2.95. The van der Waals surface area contributed by atoms with Crippen molar-refractivity contribution in [2.75, 3.05) is 13.1 Å². The van der Waals surface area contributed by atoms with Crippen LogP contribution < -0.4 is 4.74 Å². The van der Waals surface area contributed by atoms with Gasteiger partial charge in [-0.2, -0.15) is 5.10 Å². The molecular formula is C19H20N4O2. The Labute approximate surface area is 145 Å². The second-order valence-electron chi connectivity index (χ2n) is 6.43. The number of carbonyl (C=O) groups excluding carboxylic acids is 1. The lowest BCUT2D eigenvalue weighted by molar-refractivity contribution is 0.0770. The zero-order valence-electron chi connectivity index (χ0n) is 14.3. The van der Waals surface area contributed by atoms with Crippen molar-refractivity contribution in [2.24, 2.45) is 0 Å². The van der Waals surface area contributed by atoms with E-state index in [0.717, 1.165) is 28.7 Å². The van der Waals surface area contributed by atoms with E-state index in [-0.39, 0.29) is 12.0 Å². The number of fused-ring (bicyclic) bond motifs is 1. The van der Waals surface area contributed by atoms with Gasteiger partial charge in [0.15, 0.2) is 0 Å². The summed E-state index contributed by atoms with van der Waals surface area (Å²) in [5, 5.41) is 8.07. The highest BCUT2D eigenvalue weighted by Crippen LogP contribution is 2.22. The summed E-state index contributed by atoms with van der Waals surface area (Å²) in [6, 6.07) is 11.8. The lowest BCUT2D eigenvalue weighted by Gasteiger charge is -2.17. The number of rotatable bonds is 3. The fraction of sp³-hybridized carbons (Fsp3) is 0.316. The van der Waals surface area contributed by atoms with Crippen molar-refractivity contribution in [3.8, 4) is 5.88 Å². The van der Waals surface area contributed by atoms with E-state index in [1.165, 1.54) is 0 Å². The summed E-state index contributed by atoms with van der Waals surface area (Å²) in [4.78, 5) is 19.1. The third-order valence-electron chi connectivity index (χ3n) is 4.63. The van der Waals surface area contributed by atoms with Gasteiger partial charge in [-0.25, -0.2) is 4.98 Å². The Morgan fingerprint density at radius 2 is 2.08 bits per heavy atom. The SMILES string of the molecule is Cc1n[nH]c(C)c1C(=O)N1CCC(Oc2ccc3ccccc3n2)C1. The number of carbonyl (C=O) groups is 1. The molecule has 1 aromatic carbocycles. The Kier molecular flexibility index (Phi) is 3.87. The number of hydrogen-bond donors (Lipinski definition) is 1. The van der Waals surface area contributed by atoms with E-state index in [4.69, 9.17) is 4.74 Å². The van der Waals surface area contributed by atoms with Crippen LogP contribution in [0.15, 0.2) is 36.4 Å². The Bertz CT molecular complexity index is 915. The number of ether oxygens (including phenoxy) is 1. The first kappa shape index (κ1) is 15.6. The maximum atomic E-state index is 12.7. The standard InChI is InChI=1S/C19H20N4O2/c1-12-18(13(2)22-21-12)19(24)23-10-9-15(11-23)25-17-8-7-14-5-3-4-6-16(14)20-17/h3-8,15H,9-11H2,1-2H3,(H,21,22). The molecule has 4 rings (SSSR count). The van der Waals surface area contributed by atoms with E-state index >= 15 is 0 Å². The highest BCUT2D eigenvalue weighted by atomic mass is 16.5. The molecule has 1 unspecified atom stereocenters. The summed E-state index contributed by atoms with van der Waals surface area (Å²) < 4.78 is 6.01. The predicted molar refractivity (Wildman–Crippen MR) is 94.7 cm³/mol. The Hall–Kier alpha value is -2.89. The highest BCUT2D eigenvalue weighted by molar-refractivity contribution is 5.96. The van der Waals surface area contributed by atoms with E-state index in [9.17, 15) is 4.79 Å². The molecule has 0 aliphatic carbocycles. The molecule has 25 heavy (non-hydrogen) atoms. The molecule has 3 heterocycles. The number of aryl methyl sites for hydroxylation is 2. The van der Waals surface area contributed by atoms with E-state index < -0.39 is 0 Å². The van der Waals surface area contributed by atoms with Crippen LogP contribution in [0.3, 0.4) is 0 Å². The topological polar surface area (TPSA) is 71.1 Å². The van der Waals surface area contributed by atoms with Gasteiger partial charge in [0.2, 0.25) is 5.88 Å². The second kappa shape index (κ2) is 6.20. The molecule has 1 saturated heterocycles. The third-order valence-corrected chi connectivity index (χ3v) is 4.63. The minimum Gasteiger partial charge on any atom is -0.472 e. The predicted octanol–water partition coefficient (Wildman–Crippen LogP) is 2.87. The van der Waals surface area contributed by atoms with E-state index in [2.05, 4.69) is 15.2 Å². The van der Waals surface area contributed by atoms with Gasteiger partial charge in [0.25, 0.3) is 5.91 Å². The quantitative estimate of drug-likeness (QED) is 0.798. The second-order valence-corrected chi connectivity index (χ2v) is 6.43. The molecule has 1 fully saturated rings. The minimum atomic E-state index is -0.0369. The number of hydrogen-bond acceptors (Lipinski definition) is 4. The number of nitrogens with zero attached hydrogens (tertiary/aromatic N) is 3. The van der Waals surface area contributed by atoms with Crippen LogP contribution in [-0.2, 0) is 0 Å². The van der Waals surface area contributed by atoms with Crippen LogP contribution in [0, 0.1) is 13.8 Å². The van der Waals surface area contributed by atoms with Crippen LogP contribution in [0.5, 0.6) is 5.88 Å². The van der Waals surface area contributed by atoms with Crippen LogP contribution in [0.1, 0.15) is 28.2 Å². The van der Waals surface area contributed by atoms with Gasteiger partial charge >= 0.3 is 0 Å². The van der Waals surface area contributed by atoms with Crippen molar-refractivity contribution in [3.05, 3.63) is 53.3 Å². The van der Waals surface area contributed by atoms with E-state index in [1.807, 2.05) is 55.1 Å². The zero-order valence-corrected chi connectivity index (χ0v) is 14.3. The lowest BCUT2D eigenvalue weighted by atomic mass is 10.2.